The van der Waals surface area contributed by atoms with Gasteiger partial charge in [0, 0.05) is 17.8 Å². The summed E-state index contributed by atoms with van der Waals surface area (Å²) < 4.78 is 11.2. The summed E-state index contributed by atoms with van der Waals surface area (Å²) in [5.41, 5.74) is 1.13. The minimum absolute atomic E-state index is 0.590. The van der Waals surface area contributed by atoms with Crippen molar-refractivity contribution in [1.29, 1.82) is 0 Å². The van der Waals surface area contributed by atoms with Crippen molar-refractivity contribution in [3.63, 3.8) is 0 Å². The average Bonchev–Trinajstić information content (AvgIpc) is 2.79. The highest BCUT2D eigenvalue weighted by Crippen LogP contribution is 2.33. The maximum atomic E-state index is 5.66. The van der Waals surface area contributed by atoms with E-state index in [0.29, 0.717) is 19.3 Å². The Balaban J connectivity index is 2.10. The number of anilines is 1. The van der Waals surface area contributed by atoms with Crippen LogP contribution in [0.1, 0.15) is 40.0 Å². The predicted octanol–water partition coefficient (Wildman–Crippen LogP) is 4.08. The van der Waals surface area contributed by atoms with Crippen molar-refractivity contribution in [2.75, 3.05) is 18.5 Å². The molecule has 1 aliphatic carbocycles. The molecule has 0 radical (unpaired) electrons. The second-order valence-corrected chi connectivity index (χ2v) is 5.19. The Morgan fingerprint density at radius 1 is 1.11 bits per heavy atom. The Morgan fingerprint density at radius 2 is 1.84 bits per heavy atom. The van der Waals surface area contributed by atoms with Crippen molar-refractivity contribution in [3.05, 3.63) is 18.2 Å². The fourth-order valence-electron chi connectivity index (χ4n) is 2.71. The van der Waals surface area contributed by atoms with Crippen LogP contribution >= 0.6 is 0 Å². The van der Waals surface area contributed by atoms with E-state index in [9.17, 15) is 0 Å². The lowest BCUT2D eigenvalue weighted by molar-refractivity contribution is 0.288. The second-order valence-electron chi connectivity index (χ2n) is 5.19. The van der Waals surface area contributed by atoms with E-state index in [2.05, 4.69) is 24.4 Å². The molecule has 2 unspecified atom stereocenters. The third kappa shape index (κ3) is 3.55. The first-order valence-electron chi connectivity index (χ1n) is 7.40. The van der Waals surface area contributed by atoms with Gasteiger partial charge in [-0.15, -0.1) is 0 Å². The molecule has 3 heteroatoms. The smallest absolute Gasteiger partial charge is 0.163 e. The molecule has 0 bridgehead atoms. The zero-order chi connectivity index (χ0) is 13.7. The first kappa shape index (κ1) is 14.0. The van der Waals surface area contributed by atoms with Crippen LogP contribution in [0.25, 0.3) is 0 Å². The van der Waals surface area contributed by atoms with E-state index >= 15 is 0 Å². The van der Waals surface area contributed by atoms with Crippen LogP contribution in [0, 0.1) is 5.92 Å². The summed E-state index contributed by atoms with van der Waals surface area (Å²) in [5, 5.41) is 3.62. The van der Waals surface area contributed by atoms with Crippen molar-refractivity contribution in [1.82, 2.24) is 0 Å². The summed E-state index contributed by atoms with van der Waals surface area (Å²) in [6, 6.07) is 6.72. The summed E-state index contributed by atoms with van der Waals surface area (Å²) in [6.45, 7) is 7.62. The molecule has 0 spiro atoms. The van der Waals surface area contributed by atoms with Gasteiger partial charge in [0.05, 0.1) is 13.2 Å². The first-order chi connectivity index (χ1) is 9.24. The summed E-state index contributed by atoms with van der Waals surface area (Å²) in [6.07, 6.45) is 3.92. The van der Waals surface area contributed by atoms with Gasteiger partial charge < -0.3 is 14.8 Å². The Bertz CT molecular complexity index is 406. The Morgan fingerprint density at radius 3 is 2.47 bits per heavy atom. The van der Waals surface area contributed by atoms with Gasteiger partial charge in [-0.3, -0.25) is 0 Å². The zero-order valence-corrected chi connectivity index (χ0v) is 12.2. The molecule has 1 aromatic carbocycles. The minimum Gasteiger partial charge on any atom is -0.490 e. The third-order valence-corrected chi connectivity index (χ3v) is 3.76. The number of hydrogen-bond acceptors (Lipinski definition) is 3. The van der Waals surface area contributed by atoms with Gasteiger partial charge in [0.1, 0.15) is 0 Å². The Labute approximate surface area is 116 Å². The zero-order valence-electron chi connectivity index (χ0n) is 12.2. The van der Waals surface area contributed by atoms with Crippen molar-refractivity contribution in [2.24, 2.45) is 5.92 Å². The highest BCUT2D eigenvalue weighted by atomic mass is 16.5. The quantitative estimate of drug-likeness (QED) is 0.838. The normalized spacial score (nSPS) is 22.3. The molecular formula is C16H25NO2. The summed E-state index contributed by atoms with van der Waals surface area (Å²) in [4.78, 5) is 0. The average molecular weight is 263 g/mol. The Kier molecular flexibility index (Phi) is 4.94. The molecule has 0 aromatic heterocycles. The van der Waals surface area contributed by atoms with E-state index < -0.39 is 0 Å². The number of benzene rings is 1. The number of rotatable bonds is 6. The van der Waals surface area contributed by atoms with E-state index in [-0.39, 0.29) is 0 Å². The number of nitrogens with one attached hydrogen (secondary N) is 1. The van der Waals surface area contributed by atoms with Crippen LogP contribution in [0.2, 0.25) is 0 Å². The van der Waals surface area contributed by atoms with Crippen LogP contribution in [0.4, 0.5) is 5.69 Å². The van der Waals surface area contributed by atoms with Gasteiger partial charge in [-0.1, -0.05) is 13.3 Å². The molecular weight excluding hydrogens is 238 g/mol. The van der Waals surface area contributed by atoms with E-state index in [1.165, 1.54) is 19.3 Å². The van der Waals surface area contributed by atoms with Gasteiger partial charge in [0.2, 0.25) is 0 Å². The summed E-state index contributed by atoms with van der Waals surface area (Å²) in [5.74, 6) is 2.41. The largest absolute Gasteiger partial charge is 0.490 e. The molecule has 3 nitrogen and oxygen atoms in total. The lowest BCUT2D eigenvalue weighted by atomic mass is 10.1. The fourth-order valence-corrected chi connectivity index (χ4v) is 2.71. The van der Waals surface area contributed by atoms with Crippen molar-refractivity contribution < 1.29 is 9.47 Å². The van der Waals surface area contributed by atoms with Crippen LogP contribution in [0.5, 0.6) is 11.5 Å². The van der Waals surface area contributed by atoms with Gasteiger partial charge in [-0.05, 0) is 44.7 Å². The van der Waals surface area contributed by atoms with Gasteiger partial charge in [-0.2, -0.15) is 0 Å². The standard InChI is InChI=1S/C16H25NO2/c1-4-18-15-10-9-13(11-16(15)19-5-2)17-14-8-6-7-12(14)3/h9-12,14,17H,4-8H2,1-3H3. The second kappa shape index (κ2) is 6.69. The van der Waals surface area contributed by atoms with Crippen LogP contribution in [0.15, 0.2) is 18.2 Å². The molecule has 0 aliphatic heterocycles. The van der Waals surface area contributed by atoms with E-state index in [1.54, 1.807) is 0 Å². The lowest BCUT2D eigenvalue weighted by Crippen LogP contribution is -2.21. The lowest BCUT2D eigenvalue weighted by Gasteiger charge is -2.20. The highest BCUT2D eigenvalue weighted by Gasteiger charge is 2.23. The van der Waals surface area contributed by atoms with Gasteiger partial charge >= 0.3 is 0 Å². The van der Waals surface area contributed by atoms with Gasteiger partial charge in [0.15, 0.2) is 11.5 Å². The molecule has 0 heterocycles. The Hall–Kier alpha value is -1.38. The van der Waals surface area contributed by atoms with E-state index in [4.69, 9.17) is 9.47 Å². The number of hydrogen-bond donors (Lipinski definition) is 1. The van der Waals surface area contributed by atoms with Crippen molar-refractivity contribution in [2.45, 2.75) is 46.1 Å². The van der Waals surface area contributed by atoms with Crippen LogP contribution < -0.4 is 14.8 Å². The number of ether oxygens (including phenoxy) is 2. The molecule has 0 saturated heterocycles. The van der Waals surface area contributed by atoms with Gasteiger partial charge in [0.25, 0.3) is 0 Å². The topological polar surface area (TPSA) is 30.5 Å². The fraction of sp³-hybridized carbons (Fsp3) is 0.625. The molecule has 2 rings (SSSR count). The SMILES string of the molecule is CCOc1ccc(NC2CCCC2C)cc1OCC. The maximum absolute atomic E-state index is 5.66. The molecule has 2 atom stereocenters. The minimum atomic E-state index is 0.590. The molecule has 19 heavy (non-hydrogen) atoms. The molecule has 1 aliphatic rings. The molecule has 1 N–H and O–H groups in total. The first-order valence-corrected chi connectivity index (χ1v) is 7.40. The van der Waals surface area contributed by atoms with Crippen LogP contribution in [-0.4, -0.2) is 19.3 Å². The van der Waals surface area contributed by atoms with E-state index in [0.717, 1.165) is 23.1 Å². The monoisotopic (exact) mass is 263 g/mol. The van der Waals surface area contributed by atoms with Crippen molar-refractivity contribution >= 4 is 5.69 Å². The van der Waals surface area contributed by atoms with Gasteiger partial charge in [-0.25, -0.2) is 0 Å². The van der Waals surface area contributed by atoms with Crippen LogP contribution in [-0.2, 0) is 0 Å². The van der Waals surface area contributed by atoms with Crippen molar-refractivity contribution in [3.8, 4) is 11.5 Å². The highest BCUT2D eigenvalue weighted by molar-refractivity contribution is 5.55. The maximum Gasteiger partial charge on any atom is 0.163 e. The molecule has 1 fully saturated rings. The molecule has 106 valence electrons. The summed E-state index contributed by atoms with van der Waals surface area (Å²) >= 11 is 0. The van der Waals surface area contributed by atoms with Crippen LogP contribution in [0.3, 0.4) is 0 Å². The third-order valence-electron chi connectivity index (χ3n) is 3.76. The molecule has 1 saturated carbocycles. The summed E-state index contributed by atoms with van der Waals surface area (Å²) in [7, 11) is 0. The van der Waals surface area contributed by atoms with E-state index in [1.807, 2.05) is 19.9 Å². The molecule has 1 aromatic rings. The predicted molar refractivity (Wildman–Crippen MR) is 79.2 cm³/mol. The molecule has 0 amide bonds.